The van der Waals surface area contributed by atoms with Gasteiger partial charge in [-0.1, -0.05) is 36.4 Å². The molecule has 0 aliphatic heterocycles. The van der Waals surface area contributed by atoms with E-state index in [0.29, 0.717) is 6.54 Å². The minimum absolute atomic E-state index is 0.612. The summed E-state index contributed by atoms with van der Waals surface area (Å²) in [6.45, 7) is 2.62. The molecule has 2 N–H and O–H groups in total. The molecule has 58 valence electrons. The van der Waals surface area contributed by atoms with E-state index in [0.717, 1.165) is 0 Å². The summed E-state index contributed by atoms with van der Waals surface area (Å²) < 4.78 is 0. The molecule has 1 nitrogen and oxygen atoms in total. The highest BCUT2D eigenvalue weighted by Gasteiger charge is 1.94. The minimum Gasteiger partial charge on any atom is -0.326 e. The fraction of sp³-hybridized carbons (Fsp3) is 0.200. The molecule has 0 unspecified atom stereocenters. The maximum absolute atomic E-state index is 5.55. The Balaban J connectivity index is 2.92. The van der Waals surface area contributed by atoms with Gasteiger partial charge < -0.3 is 5.73 Å². The monoisotopic (exact) mass is 147 g/mol. The molecule has 0 fully saturated rings. The van der Waals surface area contributed by atoms with Crippen molar-refractivity contribution >= 4 is 5.57 Å². The van der Waals surface area contributed by atoms with E-state index in [1.54, 1.807) is 0 Å². The van der Waals surface area contributed by atoms with Gasteiger partial charge in [0.25, 0.3) is 0 Å². The number of nitrogens with two attached hydrogens (primary N) is 1. The number of allylic oxidation sites excluding steroid dienone is 1. The molecule has 0 radical (unpaired) electrons. The van der Waals surface area contributed by atoms with Gasteiger partial charge in [-0.05, 0) is 18.1 Å². The smallest absolute Gasteiger partial charge is 0.0180 e. The van der Waals surface area contributed by atoms with E-state index in [2.05, 4.69) is 18.2 Å². The van der Waals surface area contributed by atoms with Crippen LogP contribution >= 0.6 is 0 Å². The summed E-state index contributed by atoms with van der Waals surface area (Å²) in [5.74, 6) is 0. The average molecular weight is 147 g/mol. The highest BCUT2D eigenvalue weighted by atomic mass is 14.5. The zero-order valence-corrected chi connectivity index (χ0v) is 6.75. The van der Waals surface area contributed by atoms with Gasteiger partial charge in [0.15, 0.2) is 0 Å². The Morgan fingerprint density at radius 2 is 2.00 bits per heavy atom. The van der Waals surface area contributed by atoms with Gasteiger partial charge in [0.2, 0.25) is 0 Å². The maximum Gasteiger partial charge on any atom is 0.0180 e. The molecule has 1 aromatic rings. The first-order valence-electron chi connectivity index (χ1n) is 3.79. The van der Waals surface area contributed by atoms with Gasteiger partial charge in [0.1, 0.15) is 0 Å². The molecular formula is C10H13N. The predicted octanol–water partition coefficient (Wildman–Crippen LogP) is 2.05. The lowest BCUT2D eigenvalue weighted by atomic mass is 10.1. The number of hydrogen-bond acceptors (Lipinski definition) is 1. The van der Waals surface area contributed by atoms with Crippen molar-refractivity contribution in [2.45, 2.75) is 6.92 Å². The molecular weight excluding hydrogens is 134 g/mol. The van der Waals surface area contributed by atoms with Crippen LogP contribution in [0.1, 0.15) is 12.5 Å². The van der Waals surface area contributed by atoms with Crippen molar-refractivity contribution in [3.05, 3.63) is 42.0 Å². The van der Waals surface area contributed by atoms with Gasteiger partial charge in [-0.25, -0.2) is 0 Å². The number of hydrogen-bond donors (Lipinski definition) is 1. The van der Waals surface area contributed by atoms with E-state index in [1.807, 2.05) is 25.1 Å². The van der Waals surface area contributed by atoms with Crippen LogP contribution in [0.2, 0.25) is 0 Å². The van der Waals surface area contributed by atoms with Crippen molar-refractivity contribution in [3.8, 4) is 0 Å². The van der Waals surface area contributed by atoms with Crippen molar-refractivity contribution in [3.63, 3.8) is 0 Å². The second-order valence-electron chi connectivity index (χ2n) is 2.38. The third-order valence-corrected chi connectivity index (χ3v) is 1.71. The van der Waals surface area contributed by atoms with E-state index in [-0.39, 0.29) is 0 Å². The van der Waals surface area contributed by atoms with Crippen LogP contribution < -0.4 is 5.73 Å². The second kappa shape index (κ2) is 3.94. The van der Waals surface area contributed by atoms with Crippen LogP contribution in [-0.4, -0.2) is 6.54 Å². The predicted molar refractivity (Wildman–Crippen MR) is 49.1 cm³/mol. The van der Waals surface area contributed by atoms with Crippen LogP contribution in [0, 0.1) is 0 Å². The zero-order chi connectivity index (χ0) is 8.10. The van der Waals surface area contributed by atoms with Crippen molar-refractivity contribution in [2.75, 3.05) is 6.54 Å². The Labute approximate surface area is 67.5 Å². The van der Waals surface area contributed by atoms with Crippen molar-refractivity contribution in [2.24, 2.45) is 5.73 Å². The molecule has 0 atom stereocenters. The van der Waals surface area contributed by atoms with Gasteiger partial charge in [-0.2, -0.15) is 0 Å². The Morgan fingerprint density at radius 3 is 2.45 bits per heavy atom. The van der Waals surface area contributed by atoms with Gasteiger partial charge >= 0.3 is 0 Å². The highest BCUT2D eigenvalue weighted by molar-refractivity contribution is 5.66. The molecule has 0 aliphatic rings. The summed E-state index contributed by atoms with van der Waals surface area (Å²) in [6.07, 6.45) is 2.05. The Morgan fingerprint density at radius 1 is 1.36 bits per heavy atom. The summed E-state index contributed by atoms with van der Waals surface area (Å²) in [6, 6.07) is 10.2. The fourth-order valence-corrected chi connectivity index (χ4v) is 1.05. The molecule has 0 aromatic heterocycles. The molecule has 0 aliphatic carbocycles. The van der Waals surface area contributed by atoms with E-state index >= 15 is 0 Å². The maximum atomic E-state index is 5.55. The lowest BCUT2D eigenvalue weighted by molar-refractivity contribution is 1.26. The van der Waals surface area contributed by atoms with Gasteiger partial charge in [-0.15, -0.1) is 0 Å². The number of rotatable bonds is 2. The minimum atomic E-state index is 0.612. The first-order valence-corrected chi connectivity index (χ1v) is 3.79. The summed E-state index contributed by atoms with van der Waals surface area (Å²) >= 11 is 0. The summed E-state index contributed by atoms with van der Waals surface area (Å²) in [5.41, 5.74) is 7.97. The van der Waals surface area contributed by atoms with Crippen molar-refractivity contribution in [1.29, 1.82) is 0 Å². The first-order chi connectivity index (χ1) is 5.38. The number of benzene rings is 1. The molecule has 1 heteroatoms. The van der Waals surface area contributed by atoms with Crippen LogP contribution in [0.4, 0.5) is 0 Å². The largest absolute Gasteiger partial charge is 0.326 e. The van der Waals surface area contributed by atoms with E-state index in [4.69, 9.17) is 5.73 Å². The zero-order valence-electron chi connectivity index (χ0n) is 6.75. The first kappa shape index (κ1) is 8.02. The summed E-state index contributed by atoms with van der Waals surface area (Å²) in [5, 5.41) is 0. The van der Waals surface area contributed by atoms with E-state index < -0.39 is 0 Å². The Hall–Kier alpha value is -1.08. The Bertz CT molecular complexity index is 236. The lowest BCUT2D eigenvalue weighted by Crippen LogP contribution is -2.01. The molecule has 0 heterocycles. The summed E-state index contributed by atoms with van der Waals surface area (Å²) in [4.78, 5) is 0. The molecule has 1 rings (SSSR count). The summed E-state index contributed by atoms with van der Waals surface area (Å²) in [7, 11) is 0. The molecule has 1 aromatic carbocycles. The molecule has 0 spiro atoms. The van der Waals surface area contributed by atoms with E-state index in [9.17, 15) is 0 Å². The highest BCUT2D eigenvalue weighted by Crippen LogP contribution is 2.11. The molecule has 0 saturated heterocycles. The van der Waals surface area contributed by atoms with Crippen LogP contribution in [0.15, 0.2) is 36.4 Å². The van der Waals surface area contributed by atoms with Crippen molar-refractivity contribution < 1.29 is 0 Å². The van der Waals surface area contributed by atoms with Crippen molar-refractivity contribution in [1.82, 2.24) is 0 Å². The third-order valence-electron chi connectivity index (χ3n) is 1.71. The van der Waals surface area contributed by atoms with E-state index in [1.165, 1.54) is 11.1 Å². The molecule has 11 heavy (non-hydrogen) atoms. The average Bonchev–Trinajstić information content (AvgIpc) is 2.09. The quantitative estimate of drug-likeness (QED) is 0.680. The standard InChI is InChI=1S/C10H13N/c1-2-9(8-11)10-6-4-3-5-7-10/h2-7H,8,11H2,1H3. The lowest BCUT2D eigenvalue weighted by Gasteiger charge is -2.01. The van der Waals surface area contributed by atoms with Crippen LogP contribution in [0.3, 0.4) is 0 Å². The Kier molecular flexibility index (Phi) is 2.87. The molecule has 0 saturated carbocycles. The van der Waals surface area contributed by atoms with Gasteiger partial charge in [0, 0.05) is 6.54 Å². The van der Waals surface area contributed by atoms with Gasteiger partial charge in [-0.3, -0.25) is 0 Å². The van der Waals surface area contributed by atoms with Gasteiger partial charge in [0.05, 0.1) is 0 Å². The SMILES string of the molecule is CC=C(CN)c1ccccc1. The van der Waals surface area contributed by atoms with Crippen LogP contribution in [0.25, 0.3) is 5.57 Å². The third kappa shape index (κ3) is 1.92. The second-order valence-corrected chi connectivity index (χ2v) is 2.38. The van der Waals surface area contributed by atoms with Crippen LogP contribution in [-0.2, 0) is 0 Å². The molecule has 0 amide bonds. The van der Waals surface area contributed by atoms with Crippen LogP contribution in [0.5, 0.6) is 0 Å². The molecule has 0 bridgehead atoms. The topological polar surface area (TPSA) is 26.0 Å². The normalized spacial score (nSPS) is 11.6. The fourth-order valence-electron chi connectivity index (χ4n) is 1.05.